The number of nitrogens with zero attached hydrogens (tertiary/aromatic N) is 2. The summed E-state index contributed by atoms with van der Waals surface area (Å²) in [5, 5.41) is 21.9. The molecule has 10 nitrogen and oxygen atoms in total. The molecule has 120 valence electrons. The third-order valence-electron chi connectivity index (χ3n) is 3.16. The van der Waals surface area contributed by atoms with Gasteiger partial charge in [-0.3, -0.25) is 9.11 Å². The zero-order valence-corrected chi connectivity index (χ0v) is 12.3. The van der Waals surface area contributed by atoms with Crippen molar-refractivity contribution in [3.05, 3.63) is 29.3 Å². The highest BCUT2D eigenvalue weighted by molar-refractivity contribution is 7.86. The Balaban J connectivity index is 2.82. The minimum atomic E-state index is -4.68. The van der Waals surface area contributed by atoms with Gasteiger partial charge in [-0.1, -0.05) is 16.4 Å². The molecular formula is C10H10N2O8S2. The number of benzene rings is 1. The van der Waals surface area contributed by atoms with E-state index in [1.54, 1.807) is 0 Å². The zero-order valence-electron chi connectivity index (χ0n) is 10.6. The van der Waals surface area contributed by atoms with Gasteiger partial charge in [0.15, 0.2) is 0 Å². The molecule has 1 unspecified atom stereocenters. The molecular weight excluding hydrogens is 340 g/mol. The van der Waals surface area contributed by atoms with Crippen LogP contribution in [0.2, 0.25) is 0 Å². The van der Waals surface area contributed by atoms with E-state index in [0.29, 0.717) is 0 Å². The molecule has 0 heterocycles. The van der Waals surface area contributed by atoms with Gasteiger partial charge in [-0.25, -0.2) is 0 Å². The molecule has 0 aromatic heterocycles. The van der Waals surface area contributed by atoms with Gasteiger partial charge < -0.3 is 10.4 Å². The largest absolute Gasteiger partial charge is 0.411 e. The van der Waals surface area contributed by atoms with E-state index in [1.807, 2.05) is 0 Å². The van der Waals surface area contributed by atoms with Crippen molar-refractivity contribution in [3.8, 4) is 0 Å². The molecule has 0 saturated carbocycles. The van der Waals surface area contributed by atoms with Crippen molar-refractivity contribution in [3.63, 3.8) is 0 Å². The fourth-order valence-corrected chi connectivity index (χ4v) is 3.59. The monoisotopic (exact) mass is 350 g/mol. The van der Waals surface area contributed by atoms with Gasteiger partial charge in [0.2, 0.25) is 0 Å². The van der Waals surface area contributed by atoms with Crippen LogP contribution in [0.1, 0.15) is 22.8 Å². The van der Waals surface area contributed by atoms with Crippen molar-refractivity contribution in [2.24, 2.45) is 10.3 Å². The van der Waals surface area contributed by atoms with Crippen LogP contribution >= 0.6 is 0 Å². The minimum Gasteiger partial charge on any atom is -0.411 e. The molecule has 1 aromatic carbocycles. The fraction of sp³-hybridized carbons (Fsp3) is 0.200. The van der Waals surface area contributed by atoms with Crippen LogP contribution in [0, 0.1) is 0 Å². The summed E-state index contributed by atoms with van der Waals surface area (Å²) >= 11 is 0. The second-order valence-corrected chi connectivity index (χ2v) is 7.45. The van der Waals surface area contributed by atoms with Crippen molar-refractivity contribution in [1.82, 2.24) is 0 Å². The molecule has 1 aromatic rings. The van der Waals surface area contributed by atoms with E-state index < -0.39 is 36.8 Å². The average molecular weight is 350 g/mol. The van der Waals surface area contributed by atoms with E-state index in [2.05, 4.69) is 10.3 Å². The summed E-state index contributed by atoms with van der Waals surface area (Å²) in [4.78, 5) is -0.596. The van der Waals surface area contributed by atoms with Crippen molar-refractivity contribution in [1.29, 1.82) is 0 Å². The molecule has 1 aliphatic carbocycles. The van der Waals surface area contributed by atoms with E-state index >= 15 is 0 Å². The average Bonchev–Trinajstić information content (AvgIpc) is 2.42. The topological polar surface area (TPSA) is 174 Å². The van der Waals surface area contributed by atoms with Crippen molar-refractivity contribution < 1.29 is 36.4 Å². The molecule has 1 atom stereocenters. The Hall–Kier alpha value is -2.02. The van der Waals surface area contributed by atoms with Crippen LogP contribution in [0.15, 0.2) is 33.4 Å². The molecule has 0 saturated heterocycles. The van der Waals surface area contributed by atoms with Crippen LogP contribution < -0.4 is 0 Å². The van der Waals surface area contributed by atoms with Crippen LogP contribution in [-0.4, -0.2) is 47.8 Å². The van der Waals surface area contributed by atoms with E-state index in [4.69, 9.17) is 15.0 Å². The smallest absolute Gasteiger partial charge is 0.294 e. The van der Waals surface area contributed by atoms with Gasteiger partial charge in [0.25, 0.3) is 20.2 Å². The normalized spacial score (nSPS) is 22.7. The molecule has 0 fully saturated rings. The lowest BCUT2D eigenvalue weighted by Crippen LogP contribution is -2.30. The first kappa shape index (κ1) is 16.4. The number of oxime groups is 2. The van der Waals surface area contributed by atoms with Crippen molar-refractivity contribution in [2.75, 3.05) is 0 Å². The van der Waals surface area contributed by atoms with Crippen LogP contribution in [0.5, 0.6) is 0 Å². The lowest BCUT2D eigenvalue weighted by atomic mass is 9.88. The van der Waals surface area contributed by atoms with Gasteiger partial charge in [-0.05, 0) is 17.7 Å². The summed E-state index contributed by atoms with van der Waals surface area (Å²) in [6, 6.07) is 2.85. The van der Waals surface area contributed by atoms with E-state index in [0.717, 1.165) is 18.2 Å². The third kappa shape index (κ3) is 2.81. The van der Waals surface area contributed by atoms with Gasteiger partial charge in [0, 0.05) is 12.0 Å². The van der Waals surface area contributed by atoms with Crippen LogP contribution in [0.25, 0.3) is 0 Å². The predicted octanol–water partition coefficient (Wildman–Crippen LogP) is 0.274. The van der Waals surface area contributed by atoms with Crippen LogP contribution in [0.4, 0.5) is 0 Å². The highest BCUT2D eigenvalue weighted by Crippen LogP contribution is 2.35. The maximum Gasteiger partial charge on any atom is 0.294 e. The van der Waals surface area contributed by atoms with E-state index in [1.165, 1.54) is 0 Å². The second-order valence-electron chi connectivity index (χ2n) is 4.43. The molecule has 1 aliphatic rings. The van der Waals surface area contributed by atoms with Crippen molar-refractivity contribution >= 4 is 31.7 Å². The first-order chi connectivity index (χ1) is 10.1. The molecule has 0 bridgehead atoms. The van der Waals surface area contributed by atoms with Gasteiger partial charge in [0.05, 0.1) is 4.90 Å². The van der Waals surface area contributed by atoms with Crippen molar-refractivity contribution in [2.45, 2.75) is 16.6 Å². The molecule has 0 aliphatic heterocycles. The lowest BCUT2D eigenvalue weighted by Gasteiger charge is -2.24. The highest BCUT2D eigenvalue weighted by atomic mass is 32.2. The Labute approximate surface area is 124 Å². The third-order valence-corrected chi connectivity index (χ3v) is 5.14. The van der Waals surface area contributed by atoms with Gasteiger partial charge in [-0.15, -0.1) is 0 Å². The Morgan fingerprint density at radius 1 is 1.05 bits per heavy atom. The lowest BCUT2D eigenvalue weighted by molar-refractivity contribution is 0.312. The van der Waals surface area contributed by atoms with Gasteiger partial charge in [0.1, 0.15) is 16.7 Å². The number of hydrogen-bond acceptors (Lipinski definition) is 8. The Bertz CT molecular complexity index is 886. The molecule has 22 heavy (non-hydrogen) atoms. The SMILES string of the molecule is O=S(=O)(O)c1ccc2c(c1)C(S(=O)(=O)O)CC(=N/O)/C2=N\O. The van der Waals surface area contributed by atoms with Gasteiger partial charge in [-0.2, -0.15) is 16.8 Å². The fourth-order valence-electron chi connectivity index (χ4n) is 2.19. The summed E-state index contributed by atoms with van der Waals surface area (Å²) in [6.07, 6.45) is -0.545. The summed E-state index contributed by atoms with van der Waals surface area (Å²) in [5.41, 5.74) is -0.856. The summed E-state index contributed by atoms with van der Waals surface area (Å²) in [5.74, 6) is 0. The van der Waals surface area contributed by atoms with Gasteiger partial charge >= 0.3 is 0 Å². The molecule has 2 rings (SSSR count). The molecule has 12 heteroatoms. The maximum absolute atomic E-state index is 11.5. The first-order valence-corrected chi connectivity index (χ1v) is 8.55. The number of fused-ring (bicyclic) bond motifs is 1. The molecule has 0 spiro atoms. The summed E-state index contributed by atoms with van der Waals surface area (Å²) in [7, 11) is -9.29. The number of rotatable bonds is 2. The maximum atomic E-state index is 11.5. The number of hydrogen-bond donors (Lipinski definition) is 4. The Morgan fingerprint density at radius 2 is 1.68 bits per heavy atom. The van der Waals surface area contributed by atoms with E-state index in [-0.39, 0.29) is 22.6 Å². The van der Waals surface area contributed by atoms with E-state index in [9.17, 15) is 21.4 Å². The first-order valence-electron chi connectivity index (χ1n) is 5.61. The minimum absolute atomic E-state index is 0.0587. The standard InChI is InChI=1S/C10H10N2O8S2/c13-11-8-4-9(22(18,19)20)7-3-5(21(15,16)17)1-2-6(7)10(8)12-14/h1-3,9,13-14H,4H2,(H,15,16,17)(H,18,19,20)/b11-8-,12-10-. The summed E-state index contributed by atoms with van der Waals surface area (Å²) in [6.45, 7) is 0. The Morgan fingerprint density at radius 3 is 2.14 bits per heavy atom. The zero-order chi connectivity index (χ0) is 16.7. The van der Waals surface area contributed by atoms with Crippen LogP contribution in [0.3, 0.4) is 0 Å². The Kier molecular flexibility index (Phi) is 3.95. The molecule has 0 radical (unpaired) electrons. The summed E-state index contributed by atoms with van der Waals surface area (Å²) < 4.78 is 63.5. The predicted molar refractivity (Wildman–Crippen MR) is 72.7 cm³/mol. The van der Waals surface area contributed by atoms with Crippen LogP contribution in [-0.2, 0) is 20.2 Å². The highest BCUT2D eigenvalue weighted by Gasteiger charge is 2.38. The molecule has 0 amide bonds. The quantitative estimate of drug-likeness (QED) is 0.334. The second kappa shape index (κ2) is 5.31. The molecule has 4 N–H and O–H groups in total.